The topological polar surface area (TPSA) is 98.5 Å². The highest BCUT2D eigenvalue weighted by Gasteiger charge is 2.21. The zero-order chi connectivity index (χ0) is 23.6. The van der Waals surface area contributed by atoms with Crippen LogP contribution >= 0.6 is 11.8 Å². The number of ether oxygens (including phenoxy) is 1. The van der Waals surface area contributed by atoms with Crippen molar-refractivity contribution < 1.29 is 14.3 Å². The molecule has 2 aromatic heterocycles. The van der Waals surface area contributed by atoms with Crippen molar-refractivity contribution in [1.82, 2.24) is 19.6 Å². The van der Waals surface area contributed by atoms with Gasteiger partial charge in [-0.2, -0.15) is 4.98 Å². The van der Waals surface area contributed by atoms with Crippen molar-refractivity contribution in [3.05, 3.63) is 46.8 Å². The van der Waals surface area contributed by atoms with Gasteiger partial charge in [0.2, 0.25) is 5.16 Å². The molecule has 1 N–H and O–H groups in total. The SMILES string of the molecule is CSc1nc2nc(C)c(CC(=O)OC(C)C(=O)Nc3ccc(C(C)(C)C)cc3)c(C)n2n1. The highest BCUT2D eigenvalue weighted by atomic mass is 32.2. The minimum atomic E-state index is -0.934. The molecular weight excluding hydrogens is 426 g/mol. The number of carbonyl (C=O) groups is 2. The number of aromatic nitrogens is 4. The zero-order valence-electron chi connectivity index (χ0n) is 19.5. The second-order valence-electron chi connectivity index (χ2n) is 8.70. The van der Waals surface area contributed by atoms with Crippen LogP contribution in [0, 0.1) is 13.8 Å². The lowest BCUT2D eigenvalue weighted by atomic mass is 9.87. The molecule has 1 unspecified atom stereocenters. The van der Waals surface area contributed by atoms with E-state index in [0.717, 1.165) is 5.69 Å². The Morgan fingerprint density at radius 3 is 2.41 bits per heavy atom. The summed E-state index contributed by atoms with van der Waals surface area (Å²) < 4.78 is 7.01. The molecule has 9 heteroatoms. The molecule has 170 valence electrons. The van der Waals surface area contributed by atoms with E-state index in [4.69, 9.17) is 4.74 Å². The van der Waals surface area contributed by atoms with Crippen LogP contribution in [0.2, 0.25) is 0 Å². The Bertz CT molecular complexity index is 1150. The molecule has 8 nitrogen and oxygen atoms in total. The molecule has 32 heavy (non-hydrogen) atoms. The van der Waals surface area contributed by atoms with Crippen LogP contribution in [-0.2, 0) is 26.2 Å². The molecule has 3 aromatic rings. The summed E-state index contributed by atoms with van der Waals surface area (Å²) in [4.78, 5) is 33.8. The maximum absolute atomic E-state index is 12.6. The maximum atomic E-state index is 12.6. The number of thioether (sulfide) groups is 1. The van der Waals surface area contributed by atoms with E-state index in [2.05, 4.69) is 41.2 Å². The molecule has 1 amide bonds. The second-order valence-corrected chi connectivity index (χ2v) is 9.47. The average Bonchev–Trinajstić information content (AvgIpc) is 3.14. The predicted molar refractivity (Wildman–Crippen MR) is 125 cm³/mol. The van der Waals surface area contributed by atoms with Gasteiger partial charge >= 0.3 is 5.97 Å². The number of nitrogens with zero attached hydrogens (tertiary/aromatic N) is 4. The average molecular weight is 456 g/mol. The van der Waals surface area contributed by atoms with E-state index in [1.807, 2.05) is 44.4 Å². The molecule has 0 aliphatic carbocycles. The fourth-order valence-corrected chi connectivity index (χ4v) is 3.60. The van der Waals surface area contributed by atoms with Gasteiger partial charge in [-0.1, -0.05) is 44.7 Å². The van der Waals surface area contributed by atoms with Gasteiger partial charge in [-0.25, -0.2) is 9.50 Å². The summed E-state index contributed by atoms with van der Waals surface area (Å²) >= 11 is 1.42. The van der Waals surface area contributed by atoms with Gasteiger partial charge < -0.3 is 10.1 Å². The Morgan fingerprint density at radius 2 is 1.81 bits per heavy atom. The summed E-state index contributed by atoms with van der Waals surface area (Å²) in [5.41, 5.74) is 4.02. The fraction of sp³-hybridized carbons (Fsp3) is 0.435. The molecule has 0 saturated heterocycles. The number of anilines is 1. The summed E-state index contributed by atoms with van der Waals surface area (Å²) in [6.45, 7) is 11.6. The van der Waals surface area contributed by atoms with Crippen LogP contribution in [0.15, 0.2) is 29.4 Å². The minimum Gasteiger partial charge on any atom is -0.452 e. The van der Waals surface area contributed by atoms with Crippen LogP contribution in [0.4, 0.5) is 5.69 Å². The number of aryl methyl sites for hydroxylation is 2. The molecular formula is C23H29N5O3S. The Balaban J connectivity index is 1.65. The summed E-state index contributed by atoms with van der Waals surface area (Å²) in [7, 11) is 0. The quantitative estimate of drug-likeness (QED) is 0.445. The van der Waals surface area contributed by atoms with E-state index in [9.17, 15) is 9.59 Å². The van der Waals surface area contributed by atoms with Crippen LogP contribution in [0.5, 0.6) is 0 Å². The summed E-state index contributed by atoms with van der Waals surface area (Å²) in [5.74, 6) is -0.398. The lowest BCUT2D eigenvalue weighted by molar-refractivity contribution is -0.152. The zero-order valence-corrected chi connectivity index (χ0v) is 20.3. The van der Waals surface area contributed by atoms with Gasteiger partial charge in [0.15, 0.2) is 6.10 Å². The molecule has 1 atom stereocenters. The molecule has 1 aromatic carbocycles. The van der Waals surface area contributed by atoms with Crippen LogP contribution < -0.4 is 5.32 Å². The maximum Gasteiger partial charge on any atom is 0.311 e. The van der Waals surface area contributed by atoms with E-state index in [1.165, 1.54) is 17.3 Å². The van der Waals surface area contributed by atoms with Gasteiger partial charge in [-0.05, 0) is 50.1 Å². The molecule has 0 radical (unpaired) electrons. The molecule has 0 saturated carbocycles. The van der Waals surface area contributed by atoms with Crippen molar-refractivity contribution in [3.8, 4) is 0 Å². The Morgan fingerprint density at radius 1 is 1.16 bits per heavy atom. The highest BCUT2D eigenvalue weighted by molar-refractivity contribution is 7.98. The first-order valence-corrected chi connectivity index (χ1v) is 11.6. The van der Waals surface area contributed by atoms with Crippen LogP contribution in [0.1, 0.15) is 50.2 Å². The van der Waals surface area contributed by atoms with Gasteiger partial charge in [0.05, 0.1) is 6.42 Å². The summed E-state index contributed by atoms with van der Waals surface area (Å²) in [5, 5.41) is 7.79. The van der Waals surface area contributed by atoms with E-state index < -0.39 is 12.1 Å². The van der Waals surface area contributed by atoms with Crippen molar-refractivity contribution in [2.75, 3.05) is 11.6 Å². The van der Waals surface area contributed by atoms with Gasteiger partial charge in [-0.3, -0.25) is 9.59 Å². The third kappa shape index (κ3) is 5.27. The van der Waals surface area contributed by atoms with E-state index >= 15 is 0 Å². The number of esters is 1. The number of nitrogens with one attached hydrogen (secondary N) is 1. The standard InChI is InChI=1S/C23H29N5O3S/c1-13-18(14(2)28-21(24-13)26-22(27-28)32-7)12-19(29)31-15(3)20(30)25-17-10-8-16(9-11-17)23(4,5)6/h8-11,15H,12H2,1-7H3,(H,25,30). The normalized spacial score (nSPS) is 12.6. The Hall–Kier alpha value is -2.94. The van der Waals surface area contributed by atoms with Gasteiger partial charge in [0.25, 0.3) is 11.7 Å². The van der Waals surface area contributed by atoms with Crippen molar-refractivity contribution in [1.29, 1.82) is 0 Å². The fourth-order valence-electron chi connectivity index (χ4n) is 3.27. The second kappa shape index (κ2) is 9.28. The largest absolute Gasteiger partial charge is 0.452 e. The van der Waals surface area contributed by atoms with Crippen LogP contribution in [0.3, 0.4) is 0 Å². The van der Waals surface area contributed by atoms with E-state index in [0.29, 0.717) is 27.9 Å². The summed E-state index contributed by atoms with van der Waals surface area (Å²) in [6.07, 6.45) is 0.949. The van der Waals surface area contributed by atoms with Gasteiger partial charge in [0.1, 0.15) is 0 Å². The van der Waals surface area contributed by atoms with Crippen LogP contribution in [0.25, 0.3) is 5.78 Å². The molecule has 0 spiro atoms. The predicted octanol–water partition coefficient (Wildman–Crippen LogP) is 3.87. The van der Waals surface area contributed by atoms with Gasteiger partial charge in [-0.15, -0.1) is 5.10 Å². The molecule has 0 aliphatic heterocycles. The number of amides is 1. The Labute approximate surface area is 192 Å². The summed E-state index contributed by atoms with van der Waals surface area (Å²) in [6, 6.07) is 7.66. The first-order chi connectivity index (χ1) is 15.0. The van der Waals surface area contributed by atoms with Crippen molar-refractivity contribution in [2.45, 2.75) is 64.6 Å². The van der Waals surface area contributed by atoms with Gasteiger partial charge in [0, 0.05) is 22.6 Å². The first kappa shape index (κ1) is 23.7. The number of hydrogen-bond donors (Lipinski definition) is 1. The van der Waals surface area contributed by atoms with Crippen molar-refractivity contribution in [3.63, 3.8) is 0 Å². The van der Waals surface area contributed by atoms with Crippen LogP contribution in [-0.4, -0.2) is 43.8 Å². The number of carbonyl (C=O) groups excluding carboxylic acids is 2. The number of benzene rings is 1. The molecule has 3 rings (SSSR count). The smallest absolute Gasteiger partial charge is 0.311 e. The third-order valence-electron chi connectivity index (χ3n) is 5.23. The number of fused-ring (bicyclic) bond motifs is 1. The lowest BCUT2D eigenvalue weighted by Gasteiger charge is -2.19. The van der Waals surface area contributed by atoms with Crippen molar-refractivity contribution >= 4 is 35.1 Å². The molecule has 0 fully saturated rings. The van der Waals surface area contributed by atoms with E-state index in [-0.39, 0.29) is 17.7 Å². The number of rotatable bonds is 6. The lowest BCUT2D eigenvalue weighted by Crippen LogP contribution is -2.30. The number of hydrogen-bond acceptors (Lipinski definition) is 7. The van der Waals surface area contributed by atoms with Crippen molar-refractivity contribution in [2.24, 2.45) is 0 Å². The first-order valence-electron chi connectivity index (χ1n) is 10.4. The third-order valence-corrected chi connectivity index (χ3v) is 5.77. The highest BCUT2D eigenvalue weighted by Crippen LogP contribution is 2.23. The molecule has 2 heterocycles. The minimum absolute atomic E-state index is 0.00698. The Kier molecular flexibility index (Phi) is 6.88. The molecule has 0 aliphatic rings. The monoisotopic (exact) mass is 455 g/mol. The van der Waals surface area contributed by atoms with E-state index in [1.54, 1.807) is 11.4 Å². The molecule has 0 bridgehead atoms.